The lowest BCUT2D eigenvalue weighted by Crippen LogP contribution is -2.06. The minimum atomic E-state index is -3.75. The maximum Gasteiger partial charge on any atom is 0.210 e. The molecule has 0 unspecified atom stereocenters. The first-order valence-corrected chi connectivity index (χ1v) is 11.0. The molecule has 4 rings (SSSR count). The van der Waals surface area contributed by atoms with Gasteiger partial charge in [-0.15, -0.1) is 0 Å². The van der Waals surface area contributed by atoms with Gasteiger partial charge in [-0.3, -0.25) is 0 Å². The van der Waals surface area contributed by atoms with Gasteiger partial charge in [-0.1, -0.05) is 54.1 Å². The normalized spacial score (nSPS) is 11.6. The Kier molecular flexibility index (Phi) is 5.03. The van der Waals surface area contributed by atoms with Gasteiger partial charge >= 0.3 is 0 Å². The van der Waals surface area contributed by atoms with Crippen molar-refractivity contribution in [1.82, 2.24) is 9.78 Å². The molecule has 0 bridgehead atoms. The largest absolute Gasteiger partial charge is 0.231 e. The minimum Gasteiger partial charge on any atom is -0.231 e. The second-order valence-electron chi connectivity index (χ2n) is 6.81. The molecule has 6 heteroatoms. The Balaban J connectivity index is 2.02. The summed E-state index contributed by atoms with van der Waals surface area (Å²) in [6, 6.07) is 21.4. The number of nitrogens with zero attached hydrogens (tertiary/aromatic N) is 2. The van der Waals surface area contributed by atoms with E-state index in [0.29, 0.717) is 10.7 Å². The third kappa shape index (κ3) is 3.48. The van der Waals surface area contributed by atoms with Crippen LogP contribution in [-0.2, 0) is 9.84 Å². The van der Waals surface area contributed by atoms with Crippen molar-refractivity contribution in [2.24, 2.45) is 0 Å². The van der Waals surface area contributed by atoms with E-state index < -0.39 is 9.84 Å². The molecule has 4 nitrogen and oxygen atoms in total. The highest BCUT2D eigenvalue weighted by molar-refractivity contribution is 7.91. The average Bonchev–Trinajstić information content (AvgIpc) is 3.17. The molecule has 1 aromatic heterocycles. The molecule has 0 aliphatic carbocycles. The summed E-state index contributed by atoms with van der Waals surface area (Å²) < 4.78 is 28.5. The zero-order chi connectivity index (χ0) is 20.6. The Hall–Kier alpha value is -2.89. The molecule has 3 aromatic carbocycles. The van der Waals surface area contributed by atoms with E-state index in [1.807, 2.05) is 44.2 Å². The van der Waals surface area contributed by atoms with Crippen LogP contribution in [0.2, 0.25) is 5.02 Å². The molecule has 0 fully saturated rings. The molecule has 0 radical (unpaired) electrons. The van der Waals surface area contributed by atoms with E-state index in [4.69, 9.17) is 11.6 Å². The molecule has 29 heavy (non-hydrogen) atoms. The molecule has 4 aromatic rings. The maximum atomic E-state index is 13.4. The fourth-order valence-electron chi connectivity index (χ4n) is 3.28. The number of aryl methyl sites for hydroxylation is 1. The van der Waals surface area contributed by atoms with Crippen molar-refractivity contribution < 1.29 is 8.42 Å². The van der Waals surface area contributed by atoms with E-state index in [2.05, 4.69) is 5.10 Å². The summed E-state index contributed by atoms with van der Waals surface area (Å²) in [5.41, 5.74) is 4.22. The lowest BCUT2D eigenvalue weighted by atomic mass is 10.1. The molecule has 0 aliphatic rings. The van der Waals surface area contributed by atoms with Crippen LogP contribution < -0.4 is 0 Å². The van der Waals surface area contributed by atoms with Crippen molar-refractivity contribution in [2.75, 3.05) is 0 Å². The van der Waals surface area contributed by atoms with Crippen LogP contribution in [0, 0.1) is 13.8 Å². The summed E-state index contributed by atoms with van der Waals surface area (Å²) in [5.74, 6) is 0. The Morgan fingerprint density at radius 2 is 1.55 bits per heavy atom. The van der Waals surface area contributed by atoms with Gasteiger partial charge in [0, 0.05) is 10.6 Å². The van der Waals surface area contributed by atoms with Gasteiger partial charge in [0.2, 0.25) is 9.84 Å². The molecule has 1 heterocycles. The number of aromatic nitrogens is 2. The molecule has 0 aliphatic heterocycles. The molecule has 146 valence electrons. The summed E-state index contributed by atoms with van der Waals surface area (Å²) in [5, 5.41) is 5.07. The van der Waals surface area contributed by atoms with Gasteiger partial charge in [0.05, 0.1) is 22.5 Å². The van der Waals surface area contributed by atoms with Crippen molar-refractivity contribution in [3.63, 3.8) is 0 Å². The lowest BCUT2D eigenvalue weighted by molar-refractivity contribution is 0.596. The summed E-state index contributed by atoms with van der Waals surface area (Å²) in [6.07, 6.45) is 1.42. The van der Waals surface area contributed by atoms with Crippen molar-refractivity contribution in [3.05, 3.63) is 95.1 Å². The van der Waals surface area contributed by atoms with Crippen molar-refractivity contribution in [2.45, 2.75) is 23.6 Å². The zero-order valence-corrected chi connectivity index (χ0v) is 17.6. The molecule has 0 amide bonds. The molecule has 0 spiro atoms. The molecular formula is C23H19ClN2O2S. The first-order valence-electron chi connectivity index (χ1n) is 9.10. The Bertz CT molecular complexity index is 1280. The first-order chi connectivity index (χ1) is 13.9. The van der Waals surface area contributed by atoms with E-state index in [0.717, 1.165) is 22.4 Å². The number of sulfone groups is 1. The highest BCUT2D eigenvalue weighted by Gasteiger charge is 2.27. The Morgan fingerprint density at radius 3 is 2.24 bits per heavy atom. The van der Waals surface area contributed by atoms with E-state index >= 15 is 0 Å². The maximum absolute atomic E-state index is 13.4. The monoisotopic (exact) mass is 422 g/mol. The van der Waals surface area contributed by atoms with Crippen molar-refractivity contribution in [1.29, 1.82) is 0 Å². The fourth-order valence-corrected chi connectivity index (χ4v) is 4.82. The van der Waals surface area contributed by atoms with Gasteiger partial charge in [-0.2, -0.15) is 5.10 Å². The number of hydrogen-bond donors (Lipinski definition) is 0. The second-order valence-corrected chi connectivity index (χ2v) is 9.17. The summed E-state index contributed by atoms with van der Waals surface area (Å²) in [4.78, 5) is 0.391. The first kappa shape index (κ1) is 19.4. The van der Waals surface area contributed by atoms with E-state index in [9.17, 15) is 8.42 Å². The minimum absolute atomic E-state index is 0.159. The van der Waals surface area contributed by atoms with Crippen LogP contribution >= 0.6 is 11.6 Å². The van der Waals surface area contributed by atoms with Crippen molar-refractivity contribution >= 4 is 21.4 Å². The highest BCUT2D eigenvalue weighted by atomic mass is 35.5. The Labute approximate surface area is 175 Å². The van der Waals surface area contributed by atoms with Crippen LogP contribution in [-0.4, -0.2) is 18.2 Å². The number of benzene rings is 3. The average molecular weight is 423 g/mol. The van der Waals surface area contributed by atoms with Crippen LogP contribution in [0.1, 0.15) is 11.1 Å². The van der Waals surface area contributed by atoms with Gasteiger partial charge in [0.25, 0.3) is 0 Å². The molecule has 0 saturated heterocycles. The summed E-state index contributed by atoms with van der Waals surface area (Å²) >= 11 is 6.06. The number of rotatable bonds is 4. The number of hydrogen-bond acceptors (Lipinski definition) is 3. The van der Waals surface area contributed by atoms with Crippen LogP contribution in [0.25, 0.3) is 16.9 Å². The third-order valence-electron chi connectivity index (χ3n) is 5.00. The summed E-state index contributed by atoms with van der Waals surface area (Å²) in [6.45, 7) is 4.02. The van der Waals surface area contributed by atoms with E-state index in [-0.39, 0.29) is 9.79 Å². The van der Waals surface area contributed by atoms with Crippen LogP contribution in [0.15, 0.2) is 88.8 Å². The molecule has 0 atom stereocenters. The quantitative estimate of drug-likeness (QED) is 0.427. The fraction of sp³-hybridized carbons (Fsp3) is 0.0870. The molecular weight excluding hydrogens is 404 g/mol. The van der Waals surface area contributed by atoms with E-state index in [1.54, 1.807) is 47.1 Å². The third-order valence-corrected chi connectivity index (χ3v) is 7.02. The standard InChI is InChI=1S/C23H19ClN2O2S/c1-16-7-6-10-21(17(16)2)26-23(18-11-13-19(24)14-12-18)22(15-25-26)29(27,28)20-8-4-3-5-9-20/h3-15H,1-2H3. The predicted molar refractivity (Wildman–Crippen MR) is 115 cm³/mol. The van der Waals surface area contributed by atoms with Crippen LogP contribution in [0.3, 0.4) is 0 Å². The van der Waals surface area contributed by atoms with E-state index in [1.165, 1.54) is 6.20 Å². The van der Waals surface area contributed by atoms with Gasteiger partial charge in [-0.05, 0) is 55.3 Å². The van der Waals surface area contributed by atoms with Crippen LogP contribution in [0.4, 0.5) is 0 Å². The number of halogens is 1. The lowest BCUT2D eigenvalue weighted by Gasteiger charge is -2.14. The topological polar surface area (TPSA) is 52.0 Å². The zero-order valence-electron chi connectivity index (χ0n) is 16.0. The summed E-state index contributed by atoms with van der Waals surface area (Å²) in [7, 11) is -3.75. The molecule has 0 N–H and O–H groups in total. The van der Waals surface area contributed by atoms with Crippen molar-refractivity contribution in [3.8, 4) is 16.9 Å². The smallest absolute Gasteiger partial charge is 0.210 e. The Morgan fingerprint density at radius 1 is 0.862 bits per heavy atom. The molecule has 0 saturated carbocycles. The van der Waals surface area contributed by atoms with Gasteiger partial charge < -0.3 is 0 Å². The van der Waals surface area contributed by atoms with Gasteiger partial charge in [-0.25, -0.2) is 13.1 Å². The van der Waals surface area contributed by atoms with Gasteiger partial charge in [0.15, 0.2) is 0 Å². The van der Waals surface area contributed by atoms with Crippen LogP contribution in [0.5, 0.6) is 0 Å². The second kappa shape index (κ2) is 7.50. The van der Waals surface area contributed by atoms with Gasteiger partial charge in [0.1, 0.15) is 4.90 Å². The predicted octanol–water partition coefficient (Wildman–Crippen LogP) is 5.64. The SMILES string of the molecule is Cc1cccc(-n2ncc(S(=O)(=O)c3ccccc3)c2-c2ccc(Cl)cc2)c1C. The highest BCUT2D eigenvalue weighted by Crippen LogP contribution is 2.34.